The normalized spacial score (nSPS) is 13.1. The van der Waals surface area contributed by atoms with Crippen LogP contribution in [-0.2, 0) is 4.84 Å². The second-order valence-electron chi connectivity index (χ2n) is 3.98. The van der Waals surface area contributed by atoms with Crippen molar-refractivity contribution >= 4 is 11.8 Å². The number of nitrogens with zero attached hydrogens (tertiary/aromatic N) is 1. The van der Waals surface area contributed by atoms with Crippen molar-refractivity contribution in [3.8, 4) is 0 Å². The van der Waals surface area contributed by atoms with Crippen molar-refractivity contribution in [1.82, 2.24) is 0 Å². The quantitative estimate of drug-likeness (QED) is 0.399. The van der Waals surface area contributed by atoms with Crippen LogP contribution in [0.15, 0.2) is 53.4 Å². The van der Waals surface area contributed by atoms with Gasteiger partial charge in [0.2, 0.25) is 0 Å². The van der Waals surface area contributed by atoms with Gasteiger partial charge in [0.05, 0.1) is 6.21 Å². The minimum Gasteiger partial charge on any atom is -0.362 e. The van der Waals surface area contributed by atoms with Crippen molar-refractivity contribution in [3.05, 3.63) is 53.8 Å². The highest BCUT2D eigenvalue weighted by molar-refractivity contribution is 6.09. The minimum atomic E-state index is 0.831. The SMILES string of the molecule is CC/C=C(/C)O/N=C/C(=C\CC)c1ccccc1. The first kappa shape index (κ1) is 14.2. The third-order valence-electron chi connectivity index (χ3n) is 2.41. The molecule has 0 spiro atoms. The zero-order valence-electron chi connectivity index (χ0n) is 11.4. The lowest BCUT2D eigenvalue weighted by Gasteiger charge is -2.02. The Kier molecular flexibility index (Phi) is 6.55. The van der Waals surface area contributed by atoms with Gasteiger partial charge < -0.3 is 4.84 Å². The summed E-state index contributed by atoms with van der Waals surface area (Å²) in [6, 6.07) is 10.2. The molecule has 0 atom stereocenters. The van der Waals surface area contributed by atoms with E-state index >= 15 is 0 Å². The Morgan fingerprint density at radius 1 is 1.11 bits per heavy atom. The van der Waals surface area contributed by atoms with Gasteiger partial charge in [0, 0.05) is 0 Å². The van der Waals surface area contributed by atoms with Gasteiger partial charge in [-0.1, -0.05) is 55.4 Å². The van der Waals surface area contributed by atoms with Gasteiger partial charge in [-0.25, -0.2) is 0 Å². The first-order valence-electron chi connectivity index (χ1n) is 6.40. The number of hydrogen-bond acceptors (Lipinski definition) is 2. The van der Waals surface area contributed by atoms with E-state index in [1.807, 2.05) is 31.2 Å². The maximum Gasteiger partial charge on any atom is 0.127 e. The van der Waals surface area contributed by atoms with E-state index in [0.717, 1.165) is 29.7 Å². The lowest BCUT2D eigenvalue weighted by atomic mass is 10.1. The van der Waals surface area contributed by atoms with Gasteiger partial charge in [-0.15, -0.1) is 0 Å². The average molecular weight is 243 g/mol. The Hall–Kier alpha value is -1.83. The second kappa shape index (κ2) is 8.29. The Morgan fingerprint density at radius 2 is 1.78 bits per heavy atom. The molecular formula is C16H21NO. The van der Waals surface area contributed by atoms with Crippen molar-refractivity contribution in [2.45, 2.75) is 33.6 Å². The van der Waals surface area contributed by atoms with Crippen LogP contribution in [0.1, 0.15) is 39.2 Å². The van der Waals surface area contributed by atoms with Crippen LogP contribution in [0.25, 0.3) is 5.57 Å². The predicted octanol–water partition coefficient (Wildman–Crippen LogP) is 4.80. The monoisotopic (exact) mass is 243 g/mol. The second-order valence-corrected chi connectivity index (χ2v) is 3.98. The third kappa shape index (κ3) is 5.00. The fourth-order valence-corrected chi connectivity index (χ4v) is 1.59. The highest BCUT2D eigenvalue weighted by Crippen LogP contribution is 2.13. The molecule has 2 heteroatoms. The van der Waals surface area contributed by atoms with Crippen molar-refractivity contribution in [2.75, 3.05) is 0 Å². The average Bonchev–Trinajstić information content (AvgIpc) is 2.39. The zero-order chi connectivity index (χ0) is 13.2. The van der Waals surface area contributed by atoms with E-state index < -0.39 is 0 Å². The molecule has 0 heterocycles. The molecule has 0 radical (unpaired) electrons. The summed E-state index contributed by atoms with van der Waals surface area (Å²) in [5, 5.41) is 4.02. The van der Waals surface area contributed by atoms with Crippen LogP contribution < -0.4 is 0 Å². The minimum absolute atomic E-state index is 0.831. The van der Waals surface area contributed by atoms with E-state index in [0.29, 0.717) is 0 Å². The molecule has 18 heavy (non-hydrogen) atoms. The largest absolute Gasteiger partial charge is 0.362 e. The van der Waals surface area contributed by atoms with Crippen molar-refractivity contribution in [2.24, 2.45) is 5.16 Å². The number of allylic oxidation sites excluding steroid dienone is 4. The zero-order valence-corrected chi connectivity index (χ0v) is 11.4. The van der Waals surface area contributed by atoms with Crippen molar-refractivity contribution < 1.29 is 4.84 Å². The molecule has 0 aliphatic carbocycles. The lowest BCUT2D eigenvalue weighted by molar-refractivity contribution is 0.230. The summed E-state index contributed by atoms with van der Waals surface area (Å²) >= 11 is 0. The summed E-state index contributed by atoms with van der Waals surface area (Å²) in [5.74, 6) is 0.831. The Bertz CT molecular complexity index is 430. The maximum atomic E-state index is 5.27. The topological polar surface area (TPSA) is 21.6 Å². The molecule has 0 fully saturated rings. The van der Waals surface area contributed by atoms with Crippen LogP contribution in [-0.4, -0.2) is 6.21 Å². The van der Waals surface area contributed by atoms with Gasteiger partial charge in [-0.2, -0.15) is 0 Å². The van der Waals surface area contributed by atoms with E-state index in [9.17, 15) is 0 Å². The van der Waals surface area contributed by atoms with Crippen LogP contribution in [0.3, 0.4) is 0 Å². The lowest BCUT2D eigenvalue weighted by Crippen LogP contribution is -1.87. The molecule has 0 aliphatic rings. The van der Waals surface area contributed by atoms with Crippen LogP contribution in [0.5, 0.6) is 0 Å². The smallest absolute Gasteiger partial charge is 0.127 e. The molecule has 0 amide bonds. The van der Waals surface area contributed by atoms with E-state index in [-0.39, 0.29) is 0 Å². The molecule has 0 saturated carbocycles. The molecule has 96 valence electrons. The molecule has 1 aromatic rings. The van der Waals surface area contributed by atoms with Gasteiger partial charge in [-0.05, 0) is 37.0 Å². The summed E-state index contributed by atoms with van der Waals surface area (Å²) in [7, 11) is 0. The molecule has 1 aromatic carbocycles. The van der Waals surface area contributed by atoms with Gasteiger partial charge >= 0.3 is 0 Å². The molecular weight excluding hydrogens is 222 g/mol. The van der Waals surface area contributed by atoms with Crippen LogP contribution in [0, 0.1) is 0 Å². The van der Waals surface area contributed by atoms with Crippen LogP contribution in [0.4, 0.5) is 0 Å². The van der Waals surface area contributed by atoms with Crippen molar-refractivity contribution in [3.63, 3.8) is 0 Å². The molecule has 1 rings (SSSR count). The molecule has 0 bridgehead atoms. The standard InChI is InChI=1S/C16H21NO/c1-4-9-14(3)18-17-13-16(10-5-2)15-11-7-6-8-12-15/h6-13H,4-5H2,1-3H3/b14-9-,16-10+,17-13+. The highest BCUT2D eigenvalue weighted by atomic mass is 16.6. The maximum absolute atomic E-state index is 5.27. The van der Waals surface area contributed by atoms with Gasteiger partial charge in [0.25, 0.3) is 0 Å². The fraction of sp³-hybridized carbons (Fsp3) is 0.312. The Labute approximate surface area is 110 Å². The molecule has 0 N–H and O–H groups in total. The molecule has 2 nitrogen and oxygen atoms in total. The first-order chi connectivity index (χ1) is 8.77. The number of rotatable bonds is 6. The van der Waals surface area contributed by atoms with E-state index in [4.69, 9.17) is 4.84 Å². The first-order valence-corrected chi connectivity index (χ1v) is 6.40. The Morgan fingerprint density at radius 3 is 2.39 bits per heavy atom. The number of benzene rings is 1. The third-order valence-corrected chi connectivity index (χ3v) is 2.41. The summed E-state index contributed by atoms with van der Waals surface area (Å²) < 4.78 is 0. The summed E-state index contributed by atoms with van der Waals surface area (Å²) in [5.41, 5.74) is 2.24. The van der Waals surface area contributed by atoms with E-state index in [1.54, 1.807) is 6.21 Å². The molecule has 0 aliphatic heterocycles. The number of hydrogen-bond donors (Lipinski definition) is 0. The summed E-state index contributed by atoms with van der Waals surface area (Å²) in [6.45, 7) is 6.09. The fourth-order valence-electron chi connectivity index (χ4n) is 1.59. The van der Waals surface area contributed by atoms with Gasteiger partial charge in [0.15, 0.2) is 0 Å². The summed E-state index contributed by atoms with van der Waals surface area (Å²) in [6.07, 6.45) is 7.84. The van der Waals surface area contributed by atoms with Crippen molar-refractivity contribution in [1.29, 1.82) is 0 Å². The Balaban J connectivity index is 2.74. The van der Waals surface area contributed by atoms with Crippen LogP contribution >= 0.6 is 0 Å². The van der Waals surface area contributed by atoms with Crippen LogP contribution in [0.2, 0.25) is 0 Å². The molecule has 0 unspecified atom stereocenters. The molecule has 0 saturated heterocycles. The molecule has 0 aromatic heterocycles. The van der Waals surface area contributed by atoms with E-state index in [2.05, 4.69) is 37.2 Å². The van der Waals surface area contributed by atoms with Gasteiger partial charge in [0.1, 0.15) is 5.76 Å². The summed E-state index contributed by atoms with van der Waals surface area (Å²) in [4.78, 5) is 5.27. The number of oxime groups is 1. The highest BCUT2D eigenvalue weighted by Gasteiger charge is 1.97. The predicted molar refractivity (Wildman–Crippen MR) is 78.3 cm³/mol. The van der Waals surface area contributed by atoms with E-state index in [1.165, 1.54) is 0 Å². The van der Waals surface area contributed by atoms with Gasteiger partial charge in [-0.3, -0.25) is 0 Å².